The lowest BCUT2D eigenvalue weighted by molar-refractivity contribution is -0.0743. The Labute approximate surface area is 179 Å². The zero-order valence-corrected chi connectivity index (χ0v) is 19.3. The predicted molar refractivity (Wildman–Crippen MR) is 116 cm³/mol. The van der Waals surface area contributed by atoms with E-state index in [1.165, 1.54) is 32.1 Å². The van der Waals surface area contributed by atoms with Gasteiger partial charge >= 0.3 is 0 Å². The Morgan fingerprint density at radius 1 is 1.14 bits per heavy atom. The Hall–Kier alpha value is -0.730. The van der Waals surface area contributed by atoms with Gasteiger partial charge in [-0.3, -0.25) is 4.90 Å². The molecule has 1 aromatic rings. The SMILES string of the molecule is CCN(Cn1nc(C[C@H]2CCS(=O)(=O)C2)n(C)c1=S)C1C2CC3CC(C2)CC1C3. The van der Waals surface area contributed by atoms with Crippen LogP contribution in [0.15, 0.2) is 0 Å². The second-order valence-corrected chi connectivity index (χ2v) is 12.8. The molecule has 0 N–H and O–H groups in total. The summed E-state index contributed by atoms with van der Waals surface area (Å²) in [6.07, 6.45) is 8.61. The topological polar surface area (TPSA) is 60.1 Å². The maximum Gasteiger partial charge on any atom is 0.198 e. The summed E-state index contributed by atoms with van der Waals surface area (Å²) in [5.74, 6) is 5.39. The molecule has 29 heavy (non-hydrogen) atoms. The van der Waals surface area contributed by atoms with Crippen LogP contribution in [0.5, 0.6) is 0 Å². The smallest absolute Gasteiger partial charge is 0.198 e. The Kier molecular flexibility index (Phi) is 5.18. The lowest BCUT2D eigenvalue weighted by atomic mass is 9.54. The lowest BCUT2D eigenvalue weighted by Crippen LogP contribution is -2.56. The molecule has 4 bridgehead atoms. The van der Waals surface area contributed by atoms with E-state index in [4.69, 9.17) is 17.3 Å². The first-order valence-electron chi connectivity index (χ1n) is 11.4. The van der Waals surface area contributed by atoms with Crippen molar-refractivity contribution in [3.05, 3.63) is 10.6 Å². The van der Waals surface area contributed by atoms with Gasteiger partial charge in [-0.25, -0.2) is 13.1 Å². The first kappa shape index (κ1) is 20.2. The van der Waals surface area contributed by atoms with Crippen LogP contribution in [-0.2, 0) is 30.0 Å². The summed E-state index contributed by atoms with van der Waals surface area (Å²) in [7, 11) is -0.881. The quantitative estimate of drug-likeness (QED) is 0.639. The summed E-state index contributed by atoms with van der Waals surface area (Å²) in [4.78, 5) is 2.62. The first-order valence-corrected chi connectivity index (χ1v) is 13.6. The number of nitrogens with zero attached hydrogens (tertiary/aromatic N) is 4. The van der Waals surface area contributed by atoms with Crippen LogP contribution < -0.4 is 0 Å². The van der Waals surface area contributed by atoms with Crippen molar-refractivity contribution in [1.82, 2.24) is 19.2 Å². The minimum absolute atomic E-state index is 0.177. The highest BCUT2D eigenvalue weighted by atomic mass is 32.2. The molecular weight excluding hydrogens is 404 g/mol. The molecule has 5 aliphatic rings. The highest BCUT2D eigenvalue weighted by molar-refractivity contribution is 7.91. The molecule has 1 aliphatic heterocycles. The van der Waals surface area contributed by atoms with E-state index in [9.17, 15) is 8.42 Å². The van der Waals surface area contributed by atoms with Crippen LogP contribution in [-0.4, -0.2) is 51.8 Å². The summed E-state index contributed by atoms with van der Waals surface area (Å²) in [5, 5.41) is 4.86. The average molecular weight is 439 g/mol. The van der Waals surface area contributed by atoms with E-state index in [0.29, 0.717) is 24.0 Å². The molecule has 5 fully saturated rings. The number of hydrogen-bond donors (Lipinski definition) is 0. The third kappa shape index (κ3) is 3.74. The molecule has 0 radical (unpaired) electrons. The molecule has 1 atom stereocenters. The summed E-state index contributed by atoms with van der Waals surface area (Å²) < 4.78 is 28.4. The number of rotatable bonds is 6. The van der Waals surface area contributed by atoms with E-state index >= 15 is 0 Å². The van der Waals surface area contributed by atoms with Crippen LogP contribution in [0.4, 0.5) is 0 Å². The number of hydrogen-bond acceptors (Lipinski definition) is 5. The van der Waals surface area contributed by atoms with Gasteiger partial charge in [0.05, 0.1) is 18.2 Å². The fraction of sp³-hybridized carbons (Fsp3) is 0.905. The van der Waals surface area contributed by atoms with Crippen molar-refractivity contribution in [2.45, 2.75) is 64.6 Å². The minimum atomic E-state index is -2.86. The molecule has 1 saturated heterocycles. The van der Waals surface area contributed by atoms with E-state index in [0.717, 1.165) is 53.9 Å². The van der Waals surface area contributed by atoms with Crippen LogP contribution in [0.2, 0.25) is 0 Å². The van der Waals surface area contributed by atoms with E-state index < -0.39 is 9.84 Å². The van der Waals surface area contributed by atoms with Gasteiger partial charge in [-0.05, 0) is 86.9 Å². The largest absolute Gasteiger partial charge is 0.307 e. The number of sulfone groups is 1. The summed E-state index contributed by atoms with van der Waals surface area (Å²) >= 11 is 5.71. The maximum absolute atomic E-state index is 11.8. The standard InChI is InChI=1S/C21H34N4O2S2/c1-3-24(20-17-7-15-6-16(9-17)10-18(20)8-15)13-25-21(28)23(2)19(22-25)11-14-4-5-29(26,27)12-14/h14-18,20H,3-13H2,1-2H3/t14-,15?,16?,17?,18?,20?/m1/s1. The molecule has 0 aromatic carbocycles. The third-order valence-electron chi connectivity index (χ3n) is 8.25. The van der Waals surface area contributed by atoms with E-state index in [2.05, 4.69) is 11.8 Å². The minimum Gasteiger partial charge on any atom is -0.307 e. The predicted octanol–water partition coefficient (Wildman–Crippen LogP) is 3.03. The maximum atomic E-state index is 11.8. The normalized spacial score (nSPS) is 37.6. The van der Waals surface area contributed by atoms with Gasteiger partial charge in [-0.2, -0.15) is 5.10 Å². The van der Waals surface area contributed by atoms with Gasteiger partial charge in [-0.1, -0.05) is 6.92 Å². The monoisotopic (exact) mass is 438 g/mol. The number of aromatic nitrogens is 3. The molecular formula is C21H34N4O2S2. The molecule has 2 heterocycles. The van der Waals surface area contributed by atoms with Crippen molar-refractivity contribution in [2.75, 3.05) is 18.1 Å². The van der Waals surface area contributed by atoms with Gasteiger partial charge in [0, 0.05) is 19.5 Å². The molecule has 162 valence electrons. The van der Waals surface area contributed by atoms with Crippen molar-refractivity contribution in [3.63, 3.8) is 0 Å². The molecule has 4 saturated carbocycles. The molecule has 0 unspecified atom stereocenters. The second kappa shape index (κ2) is 7.45. The van der Waals surface area contributed by atoms with Crippen LogP contribution in [0, 0.1) is 34.4 Å². The molecule has 6 rings (SSSR count). The van der Waals surface area contributed by atoms with Crippen molar-refractivity contribution in [3.8, 4) is 0 Å². The van der Waals surface area contributed by atoms with Gasteiger partial charge < -0.3 is 4.57 Å². The third-order valence-corrected chi connectivity index (χ3v) is 10.6. The van der Waals surface area contributed by atoms with E-state index in [-0.39, 0.29) is 5.92 Å². The molecule has 0 spiro atoms. The second-order valence-electron chi connectivity index (χ2n) is 10.2. The van der Waals surface area contributed by atoms with Crippen LogP contribution in [0.25, 0.3) is 0 Å². The summed E-state index contributed by atoms with van der Waals surface area (Å²) in [6.45, 7) is 4.06. The lowest BCUT2D eigenvalue weighted by Gasteiger charge is -2.57. The summed E-state index contributed by atoms with van der Waals surface area (Å²) in [6, 6.07) is 0.681. The Morgan fingerprint density at radius 2 is 1.79 bits per heavy atom. The van der Waals surface area contributed by atoms with Gasteiger partial charge in [-0.15, -0.1) is 0 Å². The van der Waals surface area contributed by atoms with Crippen molar-refractivity contribution >= 4 is 22.1 Å². The average Bonchev–Trinajstić information content (AvgIpc) is 3.13. The zero-order chi connectivity index (χ0) is 20.3. The van der Waals surface area contributed by atoms with Crippen molar-refractivity contribution < 1.29 is 8.42 Å². The molecule has 1 aromatic heterocycles. The molecule has 0 amide bonds. The van der Waals surface area contributed by atoms with Gasteiger partial charge in [0.15, 0.2) is 14.6 Å². The van der Waals surface area contributed by atoms with Crippen LogP contribution in [0.1, 0.15) is 51.3 Å². The fourth-order valence-electron chi connectivity index (χ4n) is 7.16. The van der Waals surface area contributed by atoms with Crippen molar-refractivity contribution in [2.24, 2.45) is 36.6 Å². The van der Waals surface area contributed by atoms with Gasteiger partial charge in [0.2, 0.25) is 0 Å². The van der Waals surface area contributed by atoms with Crippen LogP contribution in [0.3, 0.4) is 0 Å². The first-order chi connectivity index (χ1) is 13.8. The van der Waals surface area contributed by atoms with E-state index in [1.54, 1.807) is 0 Å². The highest BCUT2D eigenvalue weighted by Crippen LogP contribution is 2.55. The van der Waals surface area contributed by atoms with E-state index in [1.807, 2.05) is 16.3 Å². The van der Waals surface area contributed by atoms with Crippen LogP contribution >= 0.6 is 12.2 Å². The molecule has 8 heteroatoms. The zero-order valence-electron chi connectivity index (χ0n) is 17.7. The summed E-state index contributed by atoms with van der Waals surface area (Å²) in [5.41, 5.74) is 0. The highest BCUT2D eigenvalue weighted by Gasteiger charge is 2.49. The molecule has 4 aliphatic carbocycles. The Bertz CT molecular complexity index is 907. The Morgan fingerprint density at radius 3 is 2.34 bits per heavy atom. The van der Waals surface area contributed by atoms with Gasteiger partial charge in [0.25, 0.3) is 0 Å². The van der Waals surface area contributed by atoms with Gasteiger partial charge in [0.1, 0.15) is 5.82 Å². The molecule has 6 nitrogen and oxygen atoms in total. The van der Waals surface area contributed by atoms with Crippen molar-refractivity contribution in [1.29, 1.82) is 0 Å². The fourth-order valence-corrected chi connectivity index (χ4v) is 9.23. The Balaban J connectivity index is 1.32.